The lowest BCUT2D eigenvalue weighted by atomic mass is 10.0. The van der Waals surface area contributed by atoms with Crippen molar-refractivity contribution in [1.29, 1.82) is 0 Å². The minimum absolute atomic E-state index is 0.218. The zero-order chi connectivity index (χ0) is 50.8. The van der Waals surface area contributed by atoms with Crippen LogP contribution in [0.25, 0.3) is 32.7 Å². The van der Waals surface area contributed by atoms with Gasteiger partial charge < -0.3 is 13.7 Å². The van der Waals surface area contributed by atoms with Crippen LogP contribution in [0.3, 0.4) is 0 Å². The van der Waals surface area contributed by atoms with Crippen LogP contribution in [0.4, 0.5) is 17.1 Å². The molecular weight excluding hydrogens is 949 g/mol. The lowest BCUT2D eigenvalue weighted by Gasteiger charge is -2.10. The number of hydrogen-bond acceptors (Lipinski definition) is 6. The topological polar surface area (TPSA) is 153 Å². The molecule has 3 N–H and O–H groups in total. The fourth-order valence-corrected chi connectivity index (χ4v) is 11.3. The Hall–Kier alpha value is -6.81. The number of rotatable bonds is 13. The van der Waals surface area contributed by atoms with Crippen LogP contribution in [-0.4, -0.2) is 56.7 Å². The van der Waals surface area contributed by atoms with E-state index >= 15 is 0 Å². The summed E-state index contributed by atoms with van der Waals surface area (Å²) < 4.78 is 84.4. The van der Waals surface area contributed by atoms with Crippen molar-refractivity contribution in [2.45, 2.75) is 72.2 Å². The molecule has 0 amide bonds. The maximum Gasteiger partial charge on any atom is 0.235 e. The van der Waals surface area contributed by atoms with Crippen molar-refractivity contribution in [1.82, 2.24) is 13.7 Å². The summed E-state index contributed by atoms with van der Waals surface area (Å²) in [5, 5.41) is 3.14. The van der Waals surface area contributed by atoms with Gasteiger partial charge in [0.05, 0.1) is 40.2 Å². The number of hydrogen-bond donors (Lipinski definition) is 3. The van der Waals surface area contributed by atoms with Crippen LogP contribution < -0.4 is 14.2 Å². The molecule has 0 radical (unpaired) electrons. The molecule has 370 valence electrons. The predicted molar refractivity (Wildman–Crippen MR) is 293 cm³/mol. The average molecular weight is 1010 g/mol. The average Bonchev–Trinajstić information content (AvgIpc) is 4.00. The molecule has 71 heavy (non-hydrogen) atoms. The number of aromatic nitrogens is 3. The van der Waals surface area contributed by atoms with Crippen molar-refractivity contribution < 1.29 is 25.3 Å². The highest BCUT2D eigenvalue weighted by atomic mass is 32.2. The van der Waals surface area contributed by atoms with Crippen LogP contribution in [0.1, 0.15) is 62.9 Å². The molecule has 12 nitrogen and oxygen atoms in total. The van der Waals surface area contributed by atoms with Crippen molar-refractivity contribution >= 4 is 79.8 Å². The Bertz CT molecular complexity index is 3560. The molecule has 0 saturated heterocycles. The van der Waals surface area contributed by atoms with E-state index < -0.39 is 30.1 Å². The molecule has 1 aliphatic rings. The molecule has 1 fully saturated rings. The second-order valence-electron chi connectivity index (χ2n) is 19.1. The van der Waals surface area contributed by atoms with Crippen LogP contribution >= 0.6 is 0 Å². The van der Waals surface area contributed by atoms with Crippen molar-refractivity contribution in [2.24, 2.45) is 7.05 Å². The maximum absolute atomic E-state index is 12.2. The monoisotopic (exact) mass is 1010 g/mol. The number of anilines is 3. The number of benzene rings is 6. The normalized spacial score (nSPS) is 12.8. The largest absolute Gasteiger partial charge is 0.350 e. The first-order valence-electron chi connectivity index (χ1n) is 23.5. The summed E-state index contributed by atoms with van der Waals surface area (Å²) in [5.74, 6) is 0. The third-order valence-corrected chi connectivity index (χ3v) is 15.6. The SMILES string of the molecule is Cc1ccc(Cc2cn(C)c3ccc(NS(C)(=O)=O)cc23)cc1.Cc1ccc(Cn2cc(C)c3ccc(NS(=O)(=O)C4CC4)cc32)cc1.Cc1ccc(Cn2cc(C)c3ccc(NS(C)(=O)=O)cc32)cc1. The molecule has 15 heteroatoms. The Morgan fingerprint density at radius 3 is 1.31 bits per heavy atom. The fourth-order valence-electron chi connectivity index (χ4n) is 8.78. The van der Waals surface area contributed by atoms with E-state index in [1.807, 2.05) is 49.5 Å². The Kier molecular flexibility index (Phi) is 14.6. The van der Waals surface area contributed by atoms with Gasteiger partial charge in [-0.1, -0.05) is 102 Å². The van der Waals surface area contributed by atoms with Gasteiger partial charge in [0, 0.05) is 66.1 Å². The molecule has 9 aromatic rings. The van der Waals surface area contributed by atoms with E-state index in [9.17, 15) is 25.3 Å². The van der Waals surface area contributed by atoms with Gasteiger partial charge in [0.25, 0.3) is 0 Å². The summed E-state index contributed by atoms with van der Waals surface area (Å²) in [5.41, 5.74) is 16.0. The predicted octanol–water partition coefficient (Wildman–Crippen LogP) is 11.3. The summed E-state index contributed by atoms with van der Waals surface area (Å²) >= 11 is 0. The van der Waals surface area contributed by atoms with Crippen LogP contribution in [0.5, 0.6) is 0 Å². The second-order valence-corrected chi connectivity index (χ2v) is 24.5. The third kappa shape index (κ3) is 13.1. The second kappa shape index (κ2) is 20.5. The molecule has 6 aromatic carbocycles. The summed E-state index contributed by atoms with van der Waals surface area (Å²) in [6, 6.07) is 42.5. The van der Waals surface area contributed by atoms with Crippen LogP contribution in [-0.2, 0) is 56.6 Å². The van der Waals surface area contributed by atoms with E-state index in [0.717, 1.165) is 77.6 Å². The van der Waals surface area contributed by atoms with Crippen molar-refractivity contribution in [3.63, 3.8) is 0 Å². The Morgan fingerprint density at radius 2 is 0.873 bits per heavy atom. The number of aryl methyl sites for hydroxylation is 6. The maximum atomic E-state index is 12.2. The third-order valence-electron chi connectivity index (χ3n) is 12.5. The Morgan fingerprint density at radius 1 is 0.465 bits per heavy atom. The van der Waals surface area contributed by atoms with Gasteiger partial charge in [0.1, 0.15) is 0 Å². The van der Waals surface area contributed by atoms with Crippen LogP contribution in [0.2, 0.25) is 0 Å². The van der Waals surface area contributed by atoms with Gasteiger partial charge >= 0.3 is 0 Å². The molecule has 0 aliphatic heterocycles. The first kappa shape index (κ1) is 50.6. The van der Waals surface area contributed by atoms with Gasteiger partial charge in [-0.25, -0.2) is 25.3 Å². The number of fused-ring (bicyclic) bond motifs is 3. The Balaban J connectivity index is 0.000000143. The van der Waals surface area contributed by atoms with Crippen LogP contribution in [0, 0.1) is 34.6 Å². The van der Waals surface area contributed by atoms with E-state index in [-0.39, 0.29) is 5.25 Å². The first-order chi connectivity index (χ1) is 33.6. The van der Waals surface area contributed by atoms with Crippen molar-refractivity contribution in [3.8, 4) is 0 Å². The van der Waals surface area contributed by atoms with E-state index in [0.29, 0.717) is 17.1 Å². The molecule has 3 aromatic heterocycles. The highest BCUT2D eigenvalue weighted by molar-refractivity contribution is 7.93. The zero-order valence-corrected chi connectivity index (χ0v) is 43.9. The molecule has 0 bridgehead atoms. The first-order valence-corrected chi connectivity index (χ1v) is 28.8. The van der Waals surface area contributed by atoms with E-state index in [4.69, 9.17) is 0 Å². The molecule has 0 unspecified atom stereocenters. The highest BCUT2D eigenvalue weighted by Crippen LogP contribution is 2.32. The lowest BCUT2D eigenvalue weighted by Crippen LogP contribution is -2.17. The zero-order valence-electron chi connectivity index (χ0n) is 41.5. The molecule has 0 spiro atoms. The molecule has 1 saturated carbocycles. The van der Waals surface area contributed by atoms with Crippen molar-refractivity contribution in [2.75, 3.05) is 26.7 Å². The number of nitrogens with zero attached hydrogens (tertiary/aromatic N) is 3. The smallest absolute Gasteiger partial charge is 0.235 e. The van der Waals surface area contributed by atoms with Gasteiger partial charge in [-0.2, -0.15) is 0 Å². The van der Waals surface area contributed by atoms with E-state index in [1.165, 1.54) is 50.1 Å². The number of nitrogens with one attached hydrogen (secondary N) is 3. The molecule has 1 aliphatic carbocycles. The fraction of sp³-hybridized carbons (Fsp3) is 0.250. The summed E-state index contributed by atoms with van der Waals surface area (Å²) in [6.45, 7) is 11.9. The molecule has 0 atom stereocenters. The minimum Gasteiger partial charge on any atom is -0.350 e. The number of sulfonamides is 3. The molecular formula is C56H62N6O6S3. The molecule has 3 heterocycles. The minimum atomic E-state index is -3.27. The van der Waals surface area contributed by atoms with Crippen molar-refractivity contribution in [3.05, 3.63) is 196 Å². The quantitative estimate of drug-likeness (QED) is 0.105. The van der Waals surface area contributed by atoms with E-state index in [2.05, 4.69) is 154 Å². The summed E-state index contributed by atoms with van der Waals surface area (Å²) in [4.78, 5) is 0. The lowest BCUT2D eigenvalue weighted by molar-refractivity contribution is 0.599. The van der Waals surface area contributed by atoms with Gasteiger partial charge in [-0.3, -0.25) is 14.2 Å². The van der Waals surface area contributed by atoms with Gasteiger partial charge in [0.15, 0.2) is 0 Å². The van der Waals surface area contributed by atoms with Crippen LogP contribution in [0.15, 0.2) is 146 Å². The standard InChI is InChI=1S/C20H22N2O2S.2C18H20N2O2S/c1-14-3-5-16(6-4-14)13-22-12-15(2)19-10-7-17(11-20(19)22)21-25(23,24)18-8-9-18;1-13-4-6-14(7-5-13)10-15-12-20(2)18-9-8-16(11-17(15)18)19-23(3,21)22;1-13-4-6-15(7-5-13)12-20-11-14(2)17-9-8-16(10-18(17)20)19-23(3,21)22/h3-7,10-12,18,21H,8-9,13H2,1-2H3;4-9,11-12,19H,10H2,1-3H3;4-11,19H,12H2,1-3H3. The van der Waals surface area contributed by atoms with Gasteiger partial charge in [0.2, 0.25) is 30.1 Å². The summed E-state index contributed by atoms with van der Waals surface area (Å²) in [6.07, 6.45) is 11.0. The van der Waals surface area contributed by atoms with Gasteiger partial charge in [-0.05, 0) is 130 Å². The van der Waals surface area contributed by atoms with E-state index in [1.54, 1.807) is 12.1 Å². The molecule has 10 rings (SSSR count). The highest BCUT2D eigenvalue weighted by Gasteiger charge is 2.35. The van der Waals surface area contributed by atoms with Gasteiger partial charge in [-0.15, -0.1) is 0 Å². The summed E-state index contributed by atoms with van der Waals surface area (Å²) in [7, 11) is -7.78. The Labute approximate surface area is 418 Å².